The van der Waals surface area contributed by atoms with Gasteiger partial charge in [0.05, 0.1) is 6.10 Å². The second-order valence-electron chi connectivity index (χ2n) is 4.28. The molecule has 1 saturated heterocycles. The predicted octanol–water partition coefficient (Wildman–Crippen LogP) is 1.15. The summed E-state index contributed by atoms with van der Waals surface area (Å²) in [6.07, 6.45) is 2.21. The first-order valence-electron chi connectivity index (χ1n) is 5.93. The fourth-order valence-electron chi connectivity index (χ4n) is 1.86. The zero-order valence-electron chi connectivity index (χ0n) is 9.90. The fraction of sp³-hybridized carbons (Fsp3) is 0.818. The summed E-state index contributed by atoms with van der Waals surface area (Å²) in [6, 6.07) is 0. The van der Waals surface area contributed by atoms with Crippen LogP contribution in [0.5, 0.6) is 0 Å². The number of aromatic nitrogens is 2. The van der Waals surface area contributed by atoms with Crippen molar-refractivity contribution in [2.24, 2.45) is 5.92 Å². The van der Waals surface area contributed by atoms with Gasteiger partial charge in [0.1, 0.15) is 6.61 Å². The van der Waals surface area contributed by atoms with Crippen LogP contribution in [-0.2, 0) is 17.8 Å². The maximum absolute atomic E-state index is 5.78. The molecule has 5 nitrogen and oxygen atoms in total. The van der Waals surface area contributed by atoms with Gasteiger partial charge in [-0.15, -0.1) is 0 Å². The Hall–Kier alpha value is -0.940. The van der Waals surface area contributed by atoms with E-state index in [4.69, 9.17) is 9.26 Å². The van der Waals surface area contributed by atoms with Gasteiger partial charge >= 0.3 is 0 Å². The Morgan fingerprint density at radius 2 is 2.44 bits per heavy atom. The van der Waals surface area contributed by atoms with Crippen LogP contribution in [0.3, 0.4) is 0 Å². The highest BCUT2D eigenvalue weighted by Gasteiger charge is 2.22. The maximum Gasteiger partial charge on any atom is 0.252 e. The summed E-state index contributed by atoms with van der Waals surface area (Å²) in [5.74, 6) is 1.91. The van der Waals surface area contributed by atoms with E-state index in [1.54, 1.807) is 0 Å². The Labute approximate surface area is 95.6 Å². The van der Waals surface area contributed by atoms with E-state index in [0.29, 0.717) is 18.4 Å². The number of hydrogen-bond donors (Lipinski definition) is 1. The molecule has 2 unspecified atom stereocenters. The highest BCUT2D eigenvalue weighted by molar-refractivity contribution is 4.84. The van der Waals surface area contributed by atoms with Gasteiger partial charge in [-0.3, -0.25) is 0 Å². The van der Waals surface area contributed by atoms with Crippen molar-refractivity contribution in [1.82, 2.24) is 15.5 Å². The van der Waals surface area contributed by atoms with E-state index < -0.39 is 0 Å². The van der Waals surface area contributed by atoms with Crippen LogP contribution in [0, 0.1) is 5.92 Å². The summed E-state index contributed by atoms with van der Waals surface area (Å²) in [5, 5.41) is 7.16. The van der Waals surface area contributed by atoms with Crippen molar-refractivity contribution in [3.63, 3.8) is 0 Å². The number of aryl methyl sites for hydroxylation is 1. The van der Waals surface area contributed by atoms with E-state index in [-0.39, 0.29) is 6.10 Å². The van der Waals surface area contributed by atoms with Gasteiger partial charge in [0.15, 0.2) is 5.82 Å². The van der Waals surface area contributed by atoms with E-state index in [1.165, 1.54) is 0 Å². The molecule has 1 aromatic heterocycles. The summed E-state index contributed by atoms with van der Waals surface area (Å²) in [7, 11) is 0. The summed E-state index contributed by atoms with van der Waals surface area (Å²) in [5.41, 5.74) is 0. The van der Waals surface area contributed by atoms with E-state index >= 15 is 0 Å². The highest BCUT2D eigenvalue weighted by Crippen LogP contribution is 2.16. The van der Waals surface area contributed by atoms with Crippen molar-refractivity contribution in [2.75, 3.05) is 13.1 Å². The first-order valence-corrected chi connectivity index (χ1v) is 5.93. The molecule has 2 rings (SSSR count). The van der Waals surface area contributed by atoms with Crippen molar-refractivity contribution >= 4 is 0 Å². The van der Waals surface area contributed by atoms with Crippen molar-refractivity contribution in [3.05, 3.63) is 11.7 Å². The van der Waals surface area contributed by atoms with Crippen molar-refractivity contribution in [1.29, 1.82) is 0 Å². The van der Waals surface area contributed by atoms with Crippen molar-refractivity contribution in [3.8, 4) is 0 Å². The minimum absolute atomic E-state index is 0.255. The molecule has 2 atom stereocenters. The lowest BCUT2D eigenvalue weighted by Gasteiger charge is -2.28. The molecule has 0 bridgehead atoms. The zero-order valence-corrected chi connectivity index (χ0v) is 9.90. The molecule has 16 heavy (non-hydrogen) atoms. The van der Waals surface area contributed by atoms with Crippen LogP contribution in [0.2, 0.25) is 0 Å². The number of piperidine rings is 1. The number of ether oxygens (including phenoxy) is 1. The van der Waals surface area contributed by atoms with Crippen LogP contribution in [0.4, 0.5) is 0 Å². The quantitative estimate of drug-likeness (QED) is 0.832. The number of rotatable bonds is 4. The third-order valence-electron chi connectivity index (χ3n) is 3.00. The number of nitrogens with zero attached hydrogens (tertiary/aromatic N) is 2. The van der Waals surface area contributed by atoms with Gasteiger partial charge in [0.2, 0.25) is 0 Å². The largest absolute Gasteiger partial charge is 0.367 e. The van der Waals surface area contributed by atoms with Gasteiger partial charge in [-0.2, -0.15) is 4.98 Å². The molecule has 90 valence electrons. The second-order valence-corrected chi connectivity index (χ2v) is 4.28. The highest BCUT2D eigenvalue weighted by atomic mass is 16.5. The molecule has 0 saturated carbocycles. The molecule has 1 aliphatic heterocycles. The molecule has 5 heteroatoms. The van der Waals surface area contributed by atoms with Crippen molar-refractivity contribution in [2.45, 2.75) is 39.4 Å². The smallest absolute Gasteiger partial charge is 0.252 e. The molecule has 0 aliphatic carbocycles. The minimum atomic E-state index is 0.255. The molecular formula is C11H19N3O2. The Bertz CT molecular complexity index is 327. The molecule has 2 heterocycles. The minimum Gasteiger partial charge on any atom is -0.367 e. The predicted molar refractivity (Wildman–Crippen MR) is 58.9 cm³/mol. The Kier molecular flexibility index (Phi) is 3.90. The van der Waals surface area contributed by atoms with Crippen LogP contribution in [0.25, 0.3) is 0 Å². The SMILES string of the molecule is CCc1noc(COC2CNCCC2C)n1. The first kappa shape index (κ1) is 11.5. The molecule has 0 aromatic carbocycles. The third-order valence-corrected chi connectivity index (χ3v) is 3.00. The molecule has 0 amide bonds. The van der Waals surface area contributed by atoms with Crippen LogP contribution in [0.15, 0.2) is 4.52 Å². The van der Waals surface area contributed by atoms with Gasteiger partial charge in [-0.05, 0) is 18.9 Å². The third kappa shape index (κ3) is 2.80. The first-order chi connectivity index (χ1) is 7.79. The van der Waals surface area contributed by atoms with Crippen LogP contribution in [0.1, 0.15) is 32.0 Å². The van der Waals surface area contributed by atoms with E-state index in [1.807, 2.05) is 6.92 Å². The fourth-order valence-corrected chi connectivity index (χ4v) is 1.86. The average Bonchev–Trinajstić information content (AvgIpc) is 2.76. The molecule has 1 N–H and O–H groups in total. The Morgan fingerprint density at radius 3 is 3.12 bits per heavy atom. The van der Waals surface area contributed by atoms with E-state index in [0.717, 1.165) is 31.8 Å². The molecule has 0 radical (unpaired) electrons. The lowest BCUT2D eigenvalue weighted by Crippen LogP contribution is -2.40. The summed E-state index contributed by atoms with van der Waals surface area (Å²) in [6.45, 7) is 6.64. The molecule has 1 fully saturated rings. The molecule has 0 spiro atoms. The van der Waals surface area contributed by atoms with E-state index in [2.05, 4.69) is 22.4 Å². The standard InChI is InChI=1S/C11H19N3O2/c1-3-10-13-11(16-14-10)7-15-9-6-12-5-4-8(9)2/h8-9,12H,3-7H2,1-2H3. The Morgan fingerprint density at radius 1 is 1.56 bits per heavy atom. The van der Waals surface area contributed by atoms with Gasteiger partial charge < -0.3 is 14.6 Å². The number of nitrogens with one attached hydrogen (secondary N) is 1. The normalized spacial score (nSPS) is 25.9. The van der Waals surface area contributed by atoms with Gasteiger partial charge in [-0.25, -0.2) is 0 Å². The number of hydrogen-bond acceptors (Lipinski definition) is 5. The van der Waals surface area contributed by atoms with Gasteiger partial charge in [0.25, 0.3) is 5.89 Å². The summed E-state index contributed by atoms with van der Waals surface area (Å²) in [4.78, 5) is 4.21. The van der Waals surface area contributed by atoms with Crippen LogP contribution in [-0.4, -0.2) is 29.3 Å². The molecule has 1 aromatic rings. The second kappa shape index (κ2) is 5.41. The van der Waals surface area contributed by atoms with Gasteiger partial charge in [-0.1, -0.05) is 19.0 Å². The lowest BCUT2D eigenvalue weighted by atomic mass is 9.97. The summed E-state index contributed by atoms with van der Waals surface area (Å²) < 4.78 is 10.9. The van der Waals surface area contributed by atoms with E-state index in [9.17, 15) is 0 Å². The summed E-state index contributed by atoms with van der Waals surface area (Å²) >= 11 is 0. The topological polar surface area (TPSA) is 60.2 Å². The average molecular weight is 225 g/mol. The monoisotopic (exact) mass is 225 g/mol. The van der Waals surface area contributed by atoms with Crippen LogP contribution < -0.4 is 5.32 Å². The van der Waals surface area contributed by atoms with Crippen LogP contribution >= 0.6 is 0 Å². The maximum atomic E-state index is 5.78. The Balaban J connectivity index is 1.81. The molecular weight excluding hydrogens is 206 g/mol. The zero-order chi connectivity index (χ0) is 11.4. The van der Waals surface area contributed by atoms with Crippen molar-refractivity contribution < 1.29 is 9.26 Å². The van der Waals surface area contributed by atoms with Gasteiger partial charge in [0, 0.05) is 13.0 Å². The molecule has 1 aliphatic rings. The lowest BCUT2D eigenvalue weighted by molar-refractivity contribution is -0.0169.